The minimum atomic E-state index is -0.826. The second-order valence-electron chi connectivity index (χ2n) is 15.8. The summed E-state index contributed by atoms with van der Waals surface area (Å²) >= 11 is -0.826. The maximum atomic E-state index is 4.93. The normalized spacial score (nSPS) is 12.0. The standard InChI is InChI=1S/2C27H23.C2H6Si.2ClH.Zr/c2*1-3-18(2)22-16-21-11-8-14-25(26(21)17-22)27-23-12-6-4-9-19(23)15-20-10-5-7-13-24(20)27;1-3-2;;;/h2*4-18H,3H2,1-2H3;1-2H3;2*1H;/q2*-1;;;;+4/p-2. The summed E-state index contributed by atoms with van der Waals surface area (Å²) in [5, 5.41) is 16.0. The molecule has 298 valence electrons. The van der Waals surface area contributed by atoms with Crippen LogP contribution in [-0.2, 0) is 20.8 Å². The van der Waals surface area contributed by atoms with Crippen LogP contribution in [0.2, 0.25) is 13.1 Å². The molecule has 0 N–H and O–H groups in total. The molecule has 2 atom stereocenters. The predicted octanol–water partition coefficient (Wildman–Crippen LogP) is 18.3. The molecular formula is C56H52Cl2SiZr. The van der Waals surface area contributed by atoms with Crippen molar-refractivity contribution in [2.45, 2.75) is 65.5 Å². The third kappa shape index (κ3) is 9.15. The molecule has 0 aliphatic heterocycles. The first-order valence-corrected chi connectivity index (χ1v) is 29.4. The van der Waals surface area contributed by atoms with Crippen molar-refractivity contribution in [3.8, 4) is 22.3 Å². The van der Waals surface area contributed by atoms with E-state index < -0.39 is 20.8 Å². The van der Waals surface area contributed by atoms with Gasteiger partial charge in [0.25, 0.3) is 0 Å². The molecule has 2 unspecified atom stereocenters. The molecule has 10 aromatic carbocycles. The summed E-state index contributed by atoms with van der Waals surface area (Å²) in [4.78, 5) is 0. The van der Waals surface area contributed by atoms with Crippen molar-refractivity contribution in [2.24, 2.45) is 0 Å². The van der Waals surface area contributed by atoms with Crippen molar-refractivity contribution in [3.63, 3.8) is 0 Å². The Morgan fingerprint density at radius 1 is 0.450 bits per heavy atom. The first-order valence-electron chi connectivity index (χ1n) is 21.1. The van der Waals surface area contributed by atoms with Crippen molar-refractivity contribution in [1.82, 2.24) is 0 Å². The van der Waals surface area contributed by atoms with Crippen molar-refractivity contribution in [1.29, 1.82) is 0 Å². The summed E-state index contributed by atoms with van der Waals surface area (Å²) in [5.74, 6) is 1.18. The minimum absolute atomic E-state index is 0.592. The molecule has 0 spiro atoms. The molecule has 0 bridgehead atoms. The zero-order chi connectivity index (χ0) is 42.2. The predicted molar refractivity (Wildman–Crippen MR) is 267 cm³/mol. The summed E-state index contributed by atoms with van der Waals surface area (Å²) in [7, 11) is 11.0. The van der Waals surface area contributed by atoms with Gasteiger partial charge in [-0.2, -0.15) is 12.1 Å². The molecule has 0 heterocycles. The van der Waals surface area contributed by atoms with Gasteiger partial charge in [0.1, 0.15) is 0 Å². The second-order valence-corrected chi connectivity index (χ2v) is 20.5. The van der Waals surface area contributed by atoms with E-state index in [1.807, 2.05) is 0 Å². The van der Waals surface area contributed by atoms with Gasteiger partial charge in [-0.05, 0) is 78.2 Å². The van der Waals surface area contributed by atoms with Crippen LogP contribution in [0.25, 0.3) is 86.9 Å². The Kier molecular flexibility index (Phi) is 15.0. The fourth-order valence-electron chi connectivity index (χ4n) is 8.60. The van der Waals surface area contributed by atoms with E-state index >= 15 is 0 Å². The van der Waals surface area contributed by atoms with E-state index in [0.29, 0.717) is 11.8 Å². The first kappa shape index (κ1) is 43.8. The van der Waals surface area contributed by atoms with Crippen LogP contribution < -0.4 is 0 Å². The summed E-state index contributed by atoms with van der Waals surface area (Å²) in [6.07, 6.45) is 2.34. The zero-order valence-electron chi connectivity index (χ0n) is 35.5. The summed E-state index contributed by atoms with van der Waals surface area (Å²) in [6, 6.07) is 62.7. The molecule has 10 rings (SSSR count). The molecule has 0 fully saturated rings. The van der Waals surface area contributed by atoms with Crippen LogP contribution in [0.5, 0.6) is 0 Å². The molecule has 0 aliphatic carbocycles. The van der Waals surface area contributed by atoms with Crippen molar-refractivity contribution in [3.05, 3.63) is 181 Å². The molecule has 0 nitrogen and oxygen atoms in total. The third-order valence-corrected chi connectivity index (χ3v) is 12.0. The molecule has 0 saturated carbocycles. The van der Waals surface area contributed by atoms with Gasteiger partial charge in [0, 0.05) is 9.52 Å². The van der Waals surface area contributed by atoms with E-state index in [4.69, 9.17) is 17.0 Å². The van der Waals surface area contributed by atoms with Crippen LogP contribution in [0.15, 0.2) is 170 Å². The average Bonchev–Trinajstić information content (AvgIpc) is 3.93. The molecule has 10 aromatic rings. The van der Waals surface area contributed by atoms with Gasteiger partial charge < -0.3 is 0 Å². The van der Waals surface area contributed by atoms with E-state index in [2.05, 4.69) is 211 Å². The fraction of sp³-hybridized carbons (Fsp3) is 0.179. The molecule has 60 heavy (non-hydrogen) atoms. The Labute approximate surface area is 377 Å². The van der Waals surface area contributed by atoms with E-state index in [0.717, 1.165) is 9.52 Å². The number of hydrogen-bond donors (Lipinski definition) is 0. The van der Waals surface area contributed by atoms with Crippen molar-refractivity contribution < 1.29 is 20.8 Å². The number of fused-ring (bicyclic) bond motifs is 6. The van der Waals surface area contributed by atoms with E-state index in [1.54, 1.807) is 0 Å². The van der Waals surface area contributed by atoms with Gasteiger partial charge in [-0.15, -0.1) is 69.1 Å². The zero-order valence-corrected chi connectivity index (χ0v) is 40.5. The Morgan fingerprint density at radius 3 is 1.05 bits per heavy atom. The van der Waals surface area contributed by atoms with Gasteiger partial charge >= 0.3 is 37.9 Å². The Bertz CT molecular complexity index is 2700. The van der Waals surface area contributed by atoms with Crippen molar-refractivity contribution in [2.75, 3.05) is 0 Å². The maximum absolute atomic E-state index is 4.93. The van der Waals surface area contributed by atoms with Gasteiger partial charge in [0.15, 0.2) is 0 Å². The Hall–Kier alpha value is -4.30. The fourth-order valence-corrected chi connectivity index (χ4v) is 8.60. The molecule has 2 radical (unpaired) electrons. The van der Waals surface area contributed by atoms with Crippen LogP contribution in [0.3, 0.4) is 0 Å². The van der Waals surface area contributed by atoms with Gasteiger partial charge in [-0.3, -0.25) is 0 Å². The second kappa shape index (κ2) is 20.5. The van der Waals surface area contributed by atoms with Gasteiger partial charge in [0.05, 0.1) is 0 Å². The first-order chi connectivity index (χ1) is 29.3. The average molecular weight is 915 g/mol. The topological polar surface area (TPSA) is 0 Å². The SMILES string of the molecule is CCC(C)c1cc2c(-c3c4ccccc4cc4ccccc34)cccc2[cH-]1.CCC(C)c1cc2c(-c3c4ccccc4cc4ccccc34)cccc2[cH-]1.C[Si]C.[Cl][Zr+2][Cl]. The number of benzene rings is 8. The monoisotopic (exact) mass is 912 g/mol. The van der Waals surface area contributed by atoms with Crippen LogP contribution in [-0.4, -0.2) is 9.52 Å². The van der Waals surface area contributed by atoms with E-state index in [-0.39, 0.29) is 0 Å². The van der Waals surface area contributed by atoms with Gasteiger partial charge in [-0.25, -0.2) is 0 Å². The van der Waals surface area contributed by atoms with E-state index in [9.17, 15) is 0 Å². The van der Waals surface area contributed by atoms with Crippen LogP contribution in [0, 0.1) is 0 Å². The molecule has 0 amide bonds. The quantitative estimate of drug-likeness (QED) is 0.0886. The van der Waals surface area contributed by atoms with Crippen LogP contribution >= 0.6 is 17.0 Å². The Balaban J connectivity index is 0.000000161. The molecule has 0 aliphatic rings. The molecule has 0 aromatic heterocycles. The van der Waals surface area contributed by atoms with Gasteiger partial charge in [0.2, 0.25) is 0 Å². The number of rotatable bonds is 6. The third-order valence-electron chi connectivity index (χ3n) is 12.0. The van der Waals surface area contributed by atoms with Crippen molar-refractivity contribution >= 4 is 91.2 Å². The summed E-state index contributed by atoms with van der Waals surface area (Å²) < 4.78 is 0. The molecular weight excluding hydrogens is 863 g/mol. The molecule has 0 saturated heterocycles. The number of halogens is 2. The summed E-state index contributed by atoms with van der Waals surface area (Å²) in [5.41, 5.74) is 8.30. The van der Waals surface area contributed by atoms with Gasteiger partial charge in [-0.1, -0.05) is 174 Å². The van der Waals surface area contributed by atoms with E-state index in [1.165, 1.54) is 111 Å². The Morgan fingerprint density at radius 2 is 0.750 bits per heavy atom. The summed E-state index contributed by atoms with van der Waals surface area (Å²) in [6.45, 7) is 13.5. The molecule has 4 heteroatoms. The van der Waals surface area contributed by atoms with Crippen LogP contribution in [0.4, 0.5) is 0 Å². The number of hydrogen-bond acceptors (Lipinski definition) is 0. The van der Waals surface area contributed by atoms with Crippen LogP contribution in [0.1, 0.15) is 63.5 Å².